The third kappa shape index (κ3) is 2.33. The Morgan fingerprint density at radius 2 is 1.95 bits per heavy atom. The fraction of sp³-hybridized carbons (Fsp3) is 0.0714. The summed E-state index contributed by atoms with van der Waals surface area (Å²) < 4.78 is 0. The molecule has 0 aliphatic rings. The first-order valence-corrected chi connectivity index (χ1v) is 6.29. The maximum absolute atomic E-state index is 8.66. The minimum atomic E-state index is 0.543. The lowest BCUT2D eigenvalue weighted by Gasteiger charge is -2.12. The van der Waals surface area contributed by atoms with Crippen molar-refractivity contribution < 1.29 is 0 Å². The van der Waals surface area contributed by atoms with E-state index in [0.29, 0.717) is 11.5 Å². The Morgan fingerprint density at radius 1 is 1.14 bits per heavy atom. The fourth-order valence-corrected chi connectivity index (χ4v) is 2.29. The monoisotopic (exact) mass is 277 g/mol. The molecule has 0 spiro atoms. The van der Waals surface area contributed by atoms with Crippen LogP contribution in [0.5, 0.6) is 0 Å². The Labute approximate surface area is 120 Å². The van der Waals surface area contributed by atoms with E-state index in [2.05, 4.69) is 30.7 Å². The molecule has 102 valence electrons. The summed E-state index contributed by atoms with van der Waals surface area (Å²) in [5.74, 6) is 0.543. The number of nitrogens with one attached hydrogen (secondary N) is 1. The largest absolute Gasteiger partial charge is 0.239 e. The second kappa shape index (κ2) is 5.44. The molecule has 0 atom stereocenters. The van der Waals surface area contributed by atoms with E-state index in [1.807, 2.05) is 43.3 Å². The smallest absolute Gasteiger partial charge is 0.180 e. The number of benzene rings is 2. The van der Waals surface area contributed by atoms with Crippen LogP contribution in [-0.4, -0.2) is 20.6 Å². The van der Waals surface area contributed by atoms with Crippen molar-refractivity contribution in [2.45, 2.75) is 6.92 Å². The van der Waals surface area contributed by atoms with Crippen LogP contribution in [0, 0.1) is 6.92 Å². The molecule has 1 N–H and O–H groups in total. The highest BCUT2D eigenvalue weighted by Gasteiger charge is 2.15. The van der Waals surface area contributed by atoms with Crippen molar-refractivity contribution >= 4 is 5.69 Å². The van der Waals surface area contributed by atoms with E-state index in [1.165, 1.54) is 0 Å². The van der Waals surface area contributed by atoms with Gasteiger partial charge in [0.05, 0.1) is 0 Å². The number of hydrogen-bond donors (Lipinski definition) is 1. The fourth-order valence-electron chi connectivity index (χ4n) is 2.29. The molecule has 7 nitrogen and oxygen atoms in total. The lowest BCUT2D eigenvalue weighted by Crippen LogP contribution is -1.92. The van der Waals surface area contributed by atoms with Gasteiger partial charge in [-0.1, -0.05) is 47.6 Å². The van der Waals surface area contributed by atoms with Gasteiger partial charge in [-0.2, -0.15) is 0 Å². The van der Waals surface area contributed by atoms with E-state index in [1.54, 1.807) is 6.07 Å². The summed E-state index contributed by atoms with van der Waals surface area (Å²) in [5, 5.41) is 17.7. The van der Waals surface area contributed by atoms with Crippen LogP contribution >= 0.6 is 0 Å². The summed E-state index contributed by atoms with van der Waals surface area (Å²) in [7, 11) is 0. The summed E-state index contributed by atoms with van der Waals surface area (Å²) in [6.45, 7) is 1.88. The van der Waals surface area contributed by atoms with Gasteiger partial charge in [-0.15, -0.1) is 5.10 Å². The normalized spacial score (nSPS) is 10.1. The minimum Gasteiger partial charge on any atom is -0.239 e. The van der Waals surface area contributed by atoms with E-state index < -0.39 is 0 Å². The second-order valence-electron chi connectivity index (χ2n) is 4.44. The Kier molecular flexibility index (Phi) is 3.32. The molecule has 0 aliphatic carbocycles. The van der Waals surface area contributed by atoms with Gasteiger partial charge in [0.25, 0.3) is 0 Å². The van der Waals surface area contributed by atoms with E-state index in [9.17, 15) is 0 Å². The quantitative estimate of drug-likeness (QED) is 0.447. The number of nitrogens with zero attached hydrogens (tertiary/aromatic N) is 6. The third-order valence-electron chi connectivity index (χ3n) is 3.26. The molecule has 0 saturated heterocycles. The molecule has 0 saturated carbocycles. The first-order chi connectivity index (χ1) is 10.3. The molecule has 21 heavy (non-hydrogen) atoms. The number of tetrazole rings is 1. The van der Waals surface area contributed by atoms with Crippen LogP contribution < -0.4 is 0 Å². The van der Waals surface area contributed by atoms with Crippen molar-refractivity contribution in [2.24, 2.45) is 5.11 Å². The van der Waals surface area contributed by atoms with Crippen molar-refractivity contribution in [3.05, 3.63) is 58.5 Å². The van der Waals surface area contributed by atoms with E-state index in [4.69, 9.17) is 5.53 Å². The van der Waals surface area contributed by atoms with Crippen molar-refractivity contribution in [3.8, 4) is 22.5 Å². The molecule has 3 rings (SSSR count). The molecular weight excluding hydrogens is 266 g/mol. The lowest BCUT2D eigenvalue weighted by molar-refractivity contribution is 0.881. The van der Waals surface area contributed by atoms with Gasteiger partial charge in [-0.05, 0) is 39.6 Å². The van der Waals surface area contributed by atoms with E-state index >= 15 is 0 Å². The second-order valence-corrected chi connectivity index (χ2v) is 4.44. The van der Waals surface area contributed by atoms with Gasteiger partial charge in [0.2, 0.25) is 0 Å². The summed E-state index contributed by atoms with van der Waals surface area (Å²) in [5.41, 5.74) is 12.9. The van der Waals surface area contributed by atoms with Gasteiger partial charge in [-0.3, -0.25) is 0 Å². The predicted octanol–water partition coefficient (Wildman–Crippen LogP) is 3.78. The Morgan fingerprint density at radius 3 is 2.62 bits per heavy atom. The molecule has 7 heteroatoms. The highest BCUT2D eigenvalue weighted by molar-refractivity contribution is 5.85. The molecule has 0 fully saturated rings. The average molecular weight is 277 g/mol. The SMILES string of the molecule is Cc1c(N=[N+]=[N-])ccc(-c2ccccc2)c1-c1nnn[nH]1. The molecule has 3 aromatic rings. The molecule has 0 unspecified atom stereocenters. The van der Waals surface area contributed by atoms with Crippen LogP contribution in [0.3, 0.4) is 0 Å². The Balaban J connectivity index is 2.30. The van der Waals surface area contributed by atoms with Gasteiger partial charge in [0, 0.05) is 16.2 Å². The number of H-pyrrole nitrogens is 1. The summed E-state index contributed by atoms with van der Waals surface area (Å²) in [6, 6.07) is 13.6. The van der Waals surface area contributed by atoms with Crippen molar-refractivity contribution in [2.75, 3.05) is 0 Å². The van der Waals surface area contributed by atoms with Crippen LogP contribution in [0.4, 0.5) is 5.69 Å². The molecule has 0 bridgehead atoms. The lowest BCUT2D eigenvalue weighted by atomic mass is 9.94. The highest BCUT2D eigenvalue weighted by Crippen LogP contribution is 2.37. The van der Waals surface area contributed by atoms with Crippen molar-refractivity contribution in [1.82, 2.24) is 20.6 Å². The number of azide groups is 1. The average Bonchev–Trinajstić information content (AvgIpc) is 3.04. The first kappa shape index (κ1) is 12.8. The van der Waals surface area contributed by atoms with Gasteiger partial charge in [-0.25, -0.2) is 5.10 Å². The van der Waals surface area contributed by atoms with Crippen LogP contribution in [0.15, 0.2) is 47.6 Å². The topological polar surface area (TPSA) is 103 Å². The number of aromatic nitrogens is 4. The molecule has 2 aromatic carbocycles. The van der Waals surface area contributed by atoms with Crippen LogP contribution in [0.1, 0.15) is 5.56 Å². The standard InChI is InChI=1S/C14H11N7/c1-9-12(16-19-15)8-7-11(10-5-3-2-4-6-10)13(9)14-17-20-21-18-14/h2-8H,1H3,(H,17,18,20,21). The minimum absolute atomic E-state index is 0.543. The summed E-state index contributed by atoms with van der Waals surface area (Å²) in [4.78, 5) is 2.85. The van der Waals surface area contributed by atoms with Crippen LogP contribution in [0.2, 0.25) is 0 Å². The molecule has 0 radical (unpaired) electrons. The molecule has 0 aliphatic heterocycles. The van der Waals surface area contributed by atoms with Crippen LogP contribution in [0.25, 0.3) is 33.0 Å². The van der Waals surface area contributed by atoms with Gasteiger partial charge < -0.3 is 0 Å². The maximum atomic E-state index is 8.66. The summed E-state index contributed by atoms with van der Waals surface area (Å²) >= 11 is 0. The van der Waals surface area contributed by atoms with Gasteiger partial charge >= 0.3 is 0 Å². The van der Waals surface area contributed by atoms with Gasteiger partial charge in [0.15, 0.2) is 5.82 Å². The zero-order valence-corrected chi connectivity index (χ0v) is 11.2. The highest BCUT2D eigenvalue weighted by atomic mass is 15.5. The van der Waals surface area contributed by atoms with Crippen LogP contribution in [-0.2, 0) is 0 Å². The number of hydrogen-bond acceptors (Lipinski definition) is 4. The van der Waals surface area contributed by atoms with Gasteiger partial charge in [0.1, 0.15) is 0 Å². The molecule has 0 amide bonds. The summed E-state index contributed by atoms with van der Waals surface area (Å²) in [6.07, 6.45) is 0. The van der Waals surface area contributed by atoms with Crippen molar-refractivity contribution in [3.63, 3.8) is 0 Å². The van der Waals surface area contributed by atoms with Crippen molar-refractivity contribution in [1.29, 1.82) is 0 Å². The molecule has 1 heterocycles. The molecular formula is C14H11N7. The first-order valence-electron chi connectivity index (χ1n) is 6.29. The molecule has 1 aromatic heterocycles. The Bertz CT molecular complexity index is 803. The predicted molar refractivity (Wildman–Crippen MR) is 78.6 cm³/mol. The zero-order chi connectivity index (χ0) is 14.7. The van der Waals surface area contributed by atoms with E-state index in [-0.39, 0.29) is 0 Å². The van der Waals surface area contributed by atoms with E-state index in [0.717, 1.165) is 22.3 Å². The zero-order valence-electron chi connectivity index (χ0n) is 11.2. The maximum Gasteiger partial charge on any atom is 0.180 e. The Hall–Kier alpha value is -3.18. The third-order valence-corrected chi connectivity index (χ3v) is 3.26. The number of aromatic amines is 1. The number of rotatable bonds is 3.